The number of carbonyl (C=O) groups is 1. The molecule has 0 aromatic carbocycles. The molecule has 2 unspecified atom stereocenters. The van der Waals surface area contributed by atoms with E-state index in [2.05, 4.69) is 0 Å². The minimum atomic E-state index is -1.14. The summed E-state index contributed by atoms with van der Waals surface area (Å²) in [6, 6.07) is 0. The third-order valence-corrected chi connectivity index (χ3v) is 2.31. The fourth-order valence-corrected chi connectivity index (χ4v) is 1.57. The summed E-state index contributed by atoms with van der Waals surface area (Å²) in [4.78, 5) is 10.7. The van der Waals surface area contributed by atoms with Gasteiger partial charge in [-0.15, -0.1) is 0 Å². The van der Waals surface area contributed by atoms with Gasteiger partial charge >= 0.3 is 5.97 Å². The van der Waals surface area contributed by atoms with Gasteiger partial charge in [0, 0.05) is 7.11 Å². The Morgan fingerprint density at radius 3 is 2.82 bits per heavy atom. The van der Waals surface area contributed by atoms with Crippen molar-refractivity contribution in [2.45, 2.75) is 30.9 Å². The van der Waals surface area contributed by atoms with E-state index in [4.69, 9.17) is 15.6 Å². The van der Waals surface area contributed by atoms with E-state index in [1.807, 2.05) is 0 Å². The average Bonchev–Trinajstić information content (AvgIpc) is 2.32. The first-order valence-corrected chi connectivity index (χ1v) is 3.66. The smallest absolute Gasteiger partial charge is 0.326 e. The molecule has 0 saturated heterocycles. The van der Waals surface area contributed by atoms with E-state index < -0.39 is 11.5 Å². The van der Waals surface area contributed by atoms with Gasteiger partial charge in [0.2, 0.25) is 0 Å². The van der Waals surface area contributed by atoms with Crippen molar-refractivity contribution in [2.75, 3.05) is 7.11 Å². The highest BCUT2D eigenvalue weighted by molar-refractivity contribution is 5.79. The topological polar surface area (TPSA) is 72.5 Å². The van der Waals surface area contributed by atoms with Gasteiger partial charge in [-0.25, -0.2) is 0 Å². The lowest BCUT2D eigenvalue weighted by Gasteiger charge is -2.24. The van der Waals surface area contributed by atoms with Crippen LogP contribution in [0.25, 0.3) is 0 Å². The third kappa shape index (κ3) is 1.23. The standard InChI is InChI=1S/C7H13NO3/c1-11-5-3-2-4-7(5,8)6(9)10/h5H,2-4,8H2,1H3,(H,9,10). The summed E-state index contributed by atoms with van der Waals surface area (Å²) in [5.74, 6) is -0.957. The van der Waals surface area contributed by atoms with Crippen molar-refractivity contribution in [2.24, 2.45) is 5.73 Å². The first-order valence-electron chi connectivity index (χ1n) is 3.66. The minimum Gasteiger partial charge on any atom is -0.480 e. The zero-order chi connectivity index (χ0) is 8.48. The van der Waals surface area contributed by atoms with Gasteiger partial charge in [0.15, 0.2) is 0 Å². The number of carboxylic acid groups (broad SMARTS) is 1. The predicted molar refractivity (Wildman–Crippen MR) is 39.2 cm³/mol. The van der Waals surface area contributed by atoms with Crippen molar-refractivity contribution >= 4 is 5.97 Å². The van der Waals surface area contributed by atoms with Gasteiger partial charge in [0.1, 0.15) is 5.54 Å². The maximum Gasteiger partial charge on any atom is 0.326 e. The maximum absolute atomic E-state index is 10.7. The summed E-state index contributed by atoms with van der Waals surface area (Å²) in [7, 11) is 1.50. The average molecular weight is 159 g/mol. The Labute approximate surface area is 65.3 Å². The molecule has 1 saturated carbocycles. The number of carboxylic acids is 1. The molecule has 1 aliphatic rings. The van der Waals surface area contributed by atoms with Gasteiger partial charge < -0.3 is 15.6 Å². The largest absolute Gasteiger partial charge is 0.480 e. The second-order valence-electron chi connectivity index (χ2n) is 2.96. The fraction of sp³-hybridized carbons (Fsp3) is 0.857. The molecule has 1 aliphatic carbocycles. The highest BCUT2D eigenvalue weighted by Gasteiger charge is 2.46. The van der Waals surface area contributed by atoms with E-state index in [1.54, 1.807) is 0 Å². The van der Waals surface area contributed by atoms with Crippen LogP contribution in [0, 0.1) is 0 Å². The molecule has 0 aromatic heterocycles. The minimum absolute atomic E-state index is 0.319. The molecule has 11 heavy (non-hydrogen) atoms. The maximum atomic E-state index is 10.7. The number of hydrogen-bond donors (Lipinski definition) is 2. The number of methoxy groups -OCH3 is 1. The summed E-state index contributed by atoms with van der Waals surface area (Å²) in [6.45, 7) is 0. The van der Waals surface area contributed by atoms with Gasteiger partial charge in [-0.1, -0.05) is 0 Å². The van der Waals surface area contributed by atoms with Crippen LogP contribution >= 0.6 is 0 Å². The van der Waals surface area contributed by atoms with Crippen molar-refractivity contribution in [3.05, 3.63) is 0 Å². The number of ether oxygens (including phenoxy) is 1. The highest BCUT2D eigenvalue weighted by atomic mass is 16.5. The second kappa shape index (κ2) is 2.79. The molecule has 0 heterocycles. The Bertz CT molecular complexity index is 171. The summed E-state index contributed by atoms with van der Waals surface area (Å²) in [6.07, 6.45) is 1.78. The lowest BCUT2D eigenvalue weighted by atomic mass is 9.97. The molecular weight excluding hydrogens is 146 g/mol. The lowest BCUT2D eigenvalue weighted by molar-refractivity contribution is -0.147. The Balaban J connectivity index is 2.75. The van der Waals surface area contributed by atoms with E-state index in [0.29, 0.717) is 6.42 Å². The molecular formula is C7H13NO3. The molecule has 4 heteroatoms. The van der Waals surface area contributed by atoms with E-state index in [0.717, 1.165) is 12.8 Å². The lowest BCUT2D eigenvalue weighted by Crippen LogP contribution is -2.54. The van der Waals surface area contributed by atoms with Crippen molar-refractivity contribution < 1.29 is 14.6 Å². The third-order valence-electron chi connectivity index (χ3n) is 2.31. The number of aliphatic carboxylic acids is 1. The van der Waals surface area contributed by atoms with Crippen molar-refractivity contribution in [1.82, 2.24) is 0 Å². The van der Waals surface area contributed by atoms with Crippen LogP contribution in [0.3, 0.4) is 0 Å². The molecule has 0 amide bonds. The molecule has 0 aromatic rings. The van der Waals surface area contributed by atoms with Gasteiger partial charge in [0.25, 0.3) is 0 Å². The van der Waals surface area contributed by atoms with Crippen LogP contribution in [0.2, 0.25) is 0 Å². The van der Waals surface area contributed by atoms with E-state index in [1.165, 1.54) is 7.11 Å². The van der Waals surface area contributed by atoms with Crippen molar-refractivity contribution in [3.63, 3.8) is 0 Å². The van der Waals surface area contributed by atoms with E-state index >= 15 is 0 Å². The Hall–Kier alpha value is -0.610. The first kappa shape index (κ1) is 8.49. The van der Waals surface area contributed by atoms with Crippen LogP contribution in [-0.2, 0) is 9.53 Å². The molecule has 0 spiro atoms. The Morgan fingerprint density at radius 1 is 1.82 bits per heavy atom. The molecule has 0 bridgehead atoms. The number of hydrogen-bond acceptors (Lipinski definition) is 3. The summed E-state index contributed by atoms with van der Waals surface area (Å²) < 4.78 is 4.98. The van der Waals surface area contributed by atoms with Crippen LogP contribution in [-0.4, -0.2) is 29.8 Å². The number of nitrogens with two attached hydrogens (primary N) is 1. The molecule has 64 valence electrons. The Morgan fingerprint density at radius 2 is 2.45 bits per heavy atom. The van der Waals surface area contributed by atoms with Gasteiger partial charge in [-0.05, 0) is 19.3 Å². The normalized spacial score (nSPS) is 37.5. The van der Waals surface area contributed by atoms with Crippen LogP contribution in [0.15, 0.2) is 0 Å². The summed E-state index contributed by atoms with van der Waals surface area (Å²) >= 11 is 0. The molecule has 4 nitrogen and oxygen atoms in total. The molecule has 0 aliphatic heterocycles. The molecule has 2 atom stereocenters. The summed E-state index contributed by atoms with van der Waals surface area (Å²) in [5.41, 5.74) is 4.49. The Kier molecular flexibility index (Phi) is 2.15. The van der Waals surface area contributed by atoms with E-state index in [9.17, 15) is 4.79 Å². The predicted octanol–water partition coefficient (Wildman–Crippen LogP) is -0.0326. The number of rotatable bonds is 2. The quantitative estimate of drug-likeness (QED) is 0.593. The van der Waals surface area contributed by atoms with Gasteiger partial charge in [-0.3, -0.25) is 4.79 Å². The molecule has 3 N–H and O–H groups in total. The van der Waals surface area contributed by atoms with Gasteiger partial charge in [0.05, 0.1) is 6.10 Å². The monoisotopic (exact) mass is 159 g/mol. The van der Waals surface area contributed by atoms with Crippen LogP contribution in [0.5, 0.6) is 0 Å². The second-order valence-corrected chi connectivity index (χ2v) is 2.96. The zero-order valence-corrected chi connectivity index (χ0v) is 6.54. The summed E-state index contributed by atoms with van der Waals surface area (Å²) in [5, 5.41) is 8.77. The fourth-order valence-electron chi connectivity index (χ4n) is 1.57. The van der Waals surface area contributed by atoms with Crippen molar-refractivity contribution in [1.29, 1.82) is 0 Å². The highest BCUT2D eigenvalue weighted by Crippen LogP contribution is 2.29. The van der Waals surface area contributed by atoms with Gasteiger partial charge in [-0.2, -0.15) is 0 Å². The molecule has 0 radical (unpaired) electrons. The van der Waals surface area contributed by atoms with E-state index in [-0.39, 0.29) is 6.10 Å². The van der Waals surface area contributed by atoms with Crippen LogP contribution in [0.4, 0.5) is 0 Å². The SMILES string of the molecule is COC1CCCC1(N)C(=O)O. The van der Waals surface area contributed by atoms with Crippen LogP contribution < -0.4 is 5.73 Å². The molecule has 1 rings (SSSR count). The zero-order valence-electron chi connectivity index (χ0n) is 6.54. The van der Waals surface area contributed by atoms with Crippen molar-refractivity contribution in [3.8, 4) is 0 Å². The first-order chi connectivity index (χ1) is 5.11. The molecule has 1 fully saturated rings. The van der Waals surface area contributed by atoms with Crippen LogP contribution in [0.1, 0.15) is 19.3 Å².